The third kappa shape index (κ3) is 1.41. The van der Waals surface area contributed by atoms with Crippen molar-refractivity contribution in [3.63, 3.8) is 0 Å². The Morgan fingerprint density at radius 1 is 1.20 bits per heavy atom. The van der Waals surface area contributed by atoms with Gasteiger partial charge in [-0.1, -0.05) is 49.1 Å². The molecule has 0 saturated heterocycles. The highest BCUT2D eigenvalue weighted by molar-refractivity contribution is 5.34. The molecule has 0 aromatic heterocycles. The molecule has 0 aliphatic heterocycles. The standard InChI is InChI=1S/C14H19N/c1-10-5-7-12(8-6-10)14(15)9-13(14)11-3-2-4-11/h5-8,11,13H,2-4,9,15H2,1H3. The lowest BCUT2D eigenvalue weighted by molar-refractivity contribution is 0.258. The second-order valence-corrected chi connectivity index (χ2v) is 5.41. The molecule has 80 valence electrons. The molecule has 1 aromatic carbocycles. The van der Waals surface area contributed by atoms with E-state index in [1.54, 1.807) is 0 Å². The lowest BCUT2D eigenvalue weighted by Crippen LogP contribution is -2.27. The summed E-state index contributed by atoms with van der Waals surface area (Å²) in [5, 5.41) is 0. The molecule has 0 amide bonds. The molecule has 3 rings (SSSR count). The van der Waals surface area contributed by atoms with Gasteiger partial charge in [0.25, 0.3) is 0 Å². The van der Waals surface area contributed by atoms with Crippen molar-refractivity contribution < 1.29 is 0 Å². The fourth-order valence-corrected chi connectivity index (χ4v) is 2.93. The maximum Gasteiger partial charge on any atom is 0.0445 e. The first-order valence-electron chi connectivity index (χ1n) is 6.06. The molecule has 2 saturated carbocycles. The van der Waals surface area contributed by atoms with Gasteiger partial charge in [-0.05, 0) is 30.7 Å². The van der Waals surface area contributed by atoms with Gasteiger partial charge in [0, 0.05) is 5.54 Å². The van der Waals surface area contributed by atoms with Gasteiger partial charge in [-0.3, -0.25) is 0 Å². The fraction of sp³-hybridized carbons (Fsp3) is 0.571. The minimum Gasteiger partial charge on any atom is -0.321 e. The number of rotatable bonds is 2. The van der Waals surface area contributed by atoms with E-state index < -0.39 is 0 Å². The number of nitrogens with two attached hydrogens (primary N) is 1. The maximum absolute atomic E-state index is 6.47. The van der Waals surface area contributed by atoms with Crippen LogP contribution in [-0.2, 0) is 5.54 Å². The van der Waals surface area contributed by atoms with Gasteiger partial charge in [-0.2, -0.15) is 0 Å². The van der Waals surface area contributed by atoms with Gasteiger partial charge < -0.3 is 5.73 Å². The summed E-state index contributed by atoms with van der Waals surface area (Å²) in [6.07, 6.45) is 5.46. The molecule has 1 aromatic rings. The quantitative estimate of drug-likeness (QED) is 0.782. The predicted octanol–water partition coefficient (Wildman–Crippen LogP) is 2.97. The summed E-state index contributed by atoms with van der Waals surface area (Å²) in [6.45, 7) is 2.13. The van der Waals surface area contributed by atoms with E-state index in [0.717, 1.165) is 11.8 Å². The van der Waals surface area contributed by atoms with E-state index in [4.69, 9.17) is 5.73 Å². The fourth-order valence-electron chi connectivity index (χ4n) is 2.93. The molecule has 0 spiro atoms. The molecule has 2 atom stereocenters. The molecule has 2 unspecified atom stereocenters. The van der Waals surface area contributed by atoms with E-state index in [1.807, 2.05) is 0 Å². The maximum atomic E-state index is 6.47. The number of hydrogen-bond donors (Lipinski definition) is 1. The van der Waals surface area contributed by atoms with Gasteiger partial charge in [0.2, 0.25) is 0 Å². The highest BCUT2D eigenvalue weighted by atomic mass is 14.9. The summed E-state index contributed by atoms with van der Waals surface area (Å²) in [6, 6.07) is 8.79. The number of hydrogen-bond acceptors (Lipinski definition) is 1. The predicted molar refractivity (Wildman–Crippen MR) is 62.5 cm³/mol. The second-order valence-electron chi connectivity index (χ2n) is 5.41. The summed E-state index contributed by atoms with van der Waals surface area (Å²) < 4.78 is 0. The Hall–Kier alpha value is -0.820. The molecule has 1 heteroatoms. The Morgan fingerprint density at radius 2 is 1.87 bits per heavy atom. The summed E-state index contributed by atoms with van der Waals surface area (Å²) in [7, 11) is 0. The van der Waals surface area contributed by atoms with E-state index >= 15 is 0 Å². The van der Waals surface area contributed by atoms with Crippen LogP contribution < -0.4 is 5.73 Å². The summed E-state index contributed by atoms with van der Waals surface area (Å²) in [5.74, 6) is 1.70. The lowest BCUT2D eigenvalue weighted by atomic mass is 9.79. The average Bonchev–Trinajstić information content (AvgIpc) is 2.77. The van der Waals surface area contributed by atoms with Gasteiger partial charge in [0.1, 0.15) is 0 Å². The third-order valence-electron chi connectivity index (χ3n) is 4.37. The van der Waals surface area contributed by atoms with Crippen molar-refractivity contribution in [1.29, 1.82) is 0 Å². The first-order valence-corrected chi connectivity index (χ1v) is 6.06. The third-order valence-corrected chi connectivity index (χ3v) is 4.37. The van der Waals surface area contributed by atoms with Crippen LogP contribution in [0.25, 0.3) is 0 Å². The molecule has 2 aliphatic rings. The monoisotopic (exact) mass is 201 g/mol. The topological polar surface area (TPSA) is 26.0 Å². The van der Waals surface area contributed by atoms with Crippen molar-refractivity contribution in [2.24, 2.45) is 17.6 Å². The first-order chi connectivity index (χ1) is 7.20. The molecule has 0 radical (unpaired) electrons. The number of aryl methyl sites for hydroxylation is 1. The van der Waals surface area contributed by atoms with Gasteiger partial charge in [0.05, 0.1) is 0 Å². The van der Waals surface area contributed by atoms with Crippen LogP contribution >= 0.6 is 0 Å². The van der Waals surface area contributed by atoms with Gasteiger partial charge >= 0.3 is 0 Å². The van der Waals surface area contributed by atoms with E-state index in [0.29, 0.717) is 0 Å². The molecular formula is C14H19N. The van der Waals surface area contributed by atoms with E-state index in [1.165, 1.54) is 36.8 Å². The van der Waals surface area contributed by atoms with Crippen LogP contribution in [0.1, 0.15) is 36.8 Å². The molecular weight excluding hydrogens is 182 g/mol. The van der Waals surface area contributed by atoms with Crippen LogP contribution in [0, 0.1) is 18.8 Å². The first kappa shape index (κ1) is 9.41. The van der Waals surface area contributed by atoms with Crippen molar-refractivity contribution in [2.75, 3.05) is 0 Å². The van der Waals surface area contributed by atoms with E-state index in [2.05, 4.69) is 31.2 Å². The van der Waals surface area contributed by atoms with Crippen LogP contribution in [0.15, 0.2) is 24.3 Å². The normalized spacial score (nSPS) is 34.9. The summed E-state index contributed by atoms with van der Waals surface area (Å²) in [5.41, 5.74) is 9.17. The van der Waals surface area contributed by atoms with Crippen LogP contribution in [0.4, 0.5) is 0 Å². The summed E-state index contributed by atoms with van der Waals surface area (Å²) >= 11 is 0. The molecule has 2 fully saturated rings. The average molecular weight is 201 g/mol. The Labute approximate surface area is 91.7 Å². The molecule has 15 heavy (non-hydrogen) atoms. The van der Waals surface area contributed by atoms with E-state index in [-0.39, 0.29) is 5.54 Å². The summed E-state index contributed by atoms with van der Waals surface area (Å²) in [4.78, 5) is 0. The van der Waals surface area contributed by atoms with Crippen molar-refractivity contribution in [2.45, 2.75) is 38.1 Å². The van der Waals surface area contributed by atoms with Crippen LogP contribution in [-0.4, -0.2) is 0 Å². The van der Waals surface area contributed by atoms with Gasteiger partial charge in [-0.25, -0.2) is 0 Å². The highest BCUT2D eigenvalue weighted by Gasteiger charge is 2.56. The molecule has 2 N–H and O–H groups in total. The van der Waals surface area contributed by atoms with Crippen LogP contribution in [0.2, 0.25) is 0 Å². The molecule has 2 aliphatic carbocycles. The zero-order chi connectivity index (χ0) is 10.5. The number of benzene rings is 1. The van der Waals surface area contributed by atoms with Crippen molar-refractivity contribution in [3.05, 3.63) is 35.4 Å². The molecule has 0 bridgehead atoms. The molecule has 1 nitrogen and oxygen atoms in total. The van der Waals surface area contributed by atoms with Gasteiger partial charge in [-0.15, -0.1) is 0 Å². The van der Waals surface area contributed by atoms with Crippen LogP contribution in [0.3, 0.4) is 0 Å². The highest BCUT2D eigenvalue weighted by Crippen LogP contribution is 2.58. The zero-order valence-corrected chi connectivity index (χ0v) is 9.37. The second kappa shape index (κ2) is 3.08. The van der Waals surface area contributed by atoms with Crippen molar-refractivity contribution in [3.8, 4) is 0 Å². The Kier molecular flexibility index (Phi) is 1.93. The Balaban J connectivity index is 1.80. The largest absolute Gasteiger partial charge is 0.321 e. The van der Waals surface area contributed by atoms with Gasteiger partial charge in [0.15, 0.2) is 0 Å². The Bertz CT molecular complexity index is 363. The minimum absolute atomic E-state index is 0.0266. The molecule has 0 heterocycles. The smallest absolute Gasteiger partial charge is 0.0445 e. The minimum atomic E-state index is 0.0266. The van der Waals surface area contributed by atoms with Crippen molar-refractivity contribution in [1.82, 2.24) is 0 Å². The zero-order valence-electron chi connectivity index (χ0n) is 9.37. The van der Waals surface area contributed by atoms with Crippen LogP contribution in [0.5, 0.6) is 0 Å². The lowest BCUT2D eigenvalue weighted by Gasteiger charge is -2.27. The van der Waals surface area contributed by atoms with E-state index in [9.17, 15) is 0 Å². The Morgan fingerprint density at radius 3 is 2.40 bits per heavy atom. The SMILES string of the molecule is Cc1ccc(C2(N)CC2C2CCC2)cc1. The van der Waals surface area contributed by atoms with Crippen molar-refractivity contribution >= 4 is 0 Å².